The number of para-hydroxylation sites is 1. The number of anilines is 2. The smallest absolute Gasteiger partial charge is 0.253 e. The van der Waals surface area contributed by atoms with Crippen molar-refractivity contribution in [3.63, 3.8) is 0 Å². The van der Waals surface area contributed by atoms with Gasteiger partial charge in [-0.3, -0.25) is 0 Å². The van der Waals surface area contributed by atoms with Crippen LogP contribution in [0.2, 0.25) is 0 Å². The van der Waals surface area contributed by atoms with Crippen LogP contribution >= 0.6 is 0 Å². The van der Waals surface area contributed by atoms with Gasteiger partial charge in [0.2, 0.25) is 0 Å². The number of aryl methyl sites for hydroxylation is 3. The number of benzene rings is 2. The number of nitrogens with zero attached hydrogens (tertiary/aromatic N) is 4. The zero-order chi connectivity index (χ0) is 17.4. The molecule has 5 nitrogen and oxygen atoms in total. The fraction of sp³-hybridized carbons (Fsp3) is 0.150. The van der Waals surface area contributed by atoms with Gasteiger partial charge < -0.3 is 5.32 Å². The summed E-state index contributed by atoms with van der Waals surface area (Å²) in [6, 6.07) is 18.3. The second-order valence-electron chi connectivity index (χ2n) is 6.22. The summed E-state index contributed by atoms with van der Waals surface area (Å²) in [5.41, 5.74) is 5.04. The molecule has 0 atom stereocenters. The third-order valence-corrected chi connectivity index (χ3v) is 4.07. The topological polar surface area (TPSA) is 55.6 Å². The Balaban J connectivity index is 1.88. The minimum Gasteiger partial charge on any atom is -0.340 e. The van der Waals surface area contributed by atoms with Crippen molar-refractivity contribution < 1.29 is 0 Å². The van der Waals surface area contributed by atoms with E-state index in [2.05, 4.69) is 34.5 Å². The first-order valence-electron chi connectivity index (χ1n) is 8.24. The van der Waals surface area contributed by atoms with E-state index in [1.165, 1.54) is 5.56 Å². The Kier molecular flexibility index (Phi) is 3.69. The van der Waals surface area contributed by atoms with Gasteiger partial charge in [-0.1, -0.05) is 24.3 Å². The van der Waals surface area contributed by atoms with E-state index < -0.39 is 0 Å². The van der Waals surface area contributed by atoms with Gasteiger partial charge in [0.05, 0.1) is 11.2 Å². The fourth-order valence-electron chi connectivity index (χ4n) is 2.95. The Morgan fingerprint density at radius 1 is 0.880 bits per heavy atom. The van der Waals surface area contributed by atoms with Crippen LogP contribution < -0.4 is 5.32 Å². The van der Waals surface area contributed by atoms with Crippen molar-refractivity contribution in [1.82, 2.24) is 19.7 Å². The van der Waals surface area contributed by atoms with E-state index in [1.807, 2.05) is 56.3 Å². The summed E-state index contributed by atoms with van der Waals surface area (Å²) >= 11 is 0. The first-order valence-corrected chi connectivity index (χ1v) is 8.24. The van der Waals surface area contributed by atoms with Crippen molar-refractivity contribution in [1.29, 1.82) is 0 Å². The molecule has 0 radical (unpaired) electrons. The van der Waals surface area contributed by atoms with Gasteiger partial charge in [-0.2, -0.15) is 10.1 Å². The summed E-state index contributed by atoms with van der Waals surface area (Å²) < 4.78 is 1.78. The van der Waals surface area contributed by atoms with Crippen LogP contribution in [0.5, 0.6) is 0 Å². The monoisotopic (exact) mass is 329 g/mol. The lowest BCUT2D eigenvalue weighted by Crippen LogP contribution is -2.07. The van der Waals surface area contributed by atoms with Gasteiger partial charge in [0.25, 0.3) is 5.95 Å². The largest absolute Gasteiger partial charge is 0.340 e. The molecule has 2 aromatic heterocycles. The Hall–Kier alpha value is -3.21. The molecule has 0 fully saturated rings. The molecule has 0 aliphatic rings. The molecule has 0 saturated carbocycles. The van der Waals surface area contributed by atoms with Gasteiger partial charge in [-0.05, 0) is 56.7 Å². The van der Waals surface area contributed by atoms with Gasteiger partial charge in [-0.25, -0.2) is 9.67 Å². The average Bonchev–Trinajstić information content (AvgIpc) is 2.93. The molecule has 0 bridgehead atoms. The highest BCUT2D eigenvalue weighted by Crippen LogP contribution is 2.25. The zero-order valence-corrected chi connectivity index (χ0v) is 14.5. The van der Waals surface area contributed by atoms with Crippen LogP contribution in [0.15, 0.2) is 54.6 Å². The SMILES string of the molecule is Cc1cccc(Nc2nc(-n3nc(C)cc3C)nc3ccccc23)c1. The van der Waals surface area contributed by atoms with Crippen molar-refractivity contribution in [2.75, 3.05) is 5.32 Å². The molecule has 0 saturated heterocycles. The number of rotatable bonds is 3. The Morgan fingerprint density at radius 2 is 1.72 bits per heavy atom. The summed E-state index contributed by atoms with van der Waals surface area (Å²) in [6.45, 7) is 6.05. The minimum atomic E-state index is 0.569. The highest BCUT2D eigenvalue weighted by molar-refractivity contribution is 5.91. The zero-order valence-electron chi connectivity index (χ0n) is 14.5. The molecule has 0 aliphatic heterocycles. The summed E-state index contributed by atoms with van der Waals surface area (Å²) in [7, 11) is 0. The molecule has 0 unspecified atom stereocenters. The quantitative estimate of drug-likeness (QED) is 0.602. The molecule has 2 aromatic carbocycles. The highest BCUT2D eigenvalue weighted by Gasteiger charge is 2.12. The summed E-state index contributed by atoms with van der Waals surface area (Å²) in [4.78, 5) is 9.44. The molecule has 1 N–H and O–H groups in total. The van der Waals surface area contributed by atoms with Crippen LogP contribution in [-0.4, -0.2) is 19.7 Å². The lowest BCUT2D eigenvalue weighted by Gasteiger charge is -2.12. The predicted molar refractivity (Wildman–Crippen MR) is 101 cm³/mol. The van der Waals surface area contributed by atoms with Crippen molar-refractivity contribution in [2.45, 2.75) is 20.8 Å². The lowest BCUT2D eigenvalue weighted by molar-refractivity contribution is 0.781. The molecule has 5 heteroatoms. The molecule has 0 spiro atoms. The summed E-state index contributed by atoms with van der Waals surface area (Å²) in [5.74, 6) is 1.35. The van der Waals surface area contributed by atoms with E-state index in [9.17, 15) is 0 Å². The lowest BCUT2D eigenvalue weighted by atomic mass is 10.2. The van der Waals surface area contributed by atoms with Crippen molar-refractivity contribution in [2.24, 2.45) is 0 Å². The van der Waals surface area contributed by atoms with Gasteiger partial charge in [0.15, 0.2) is 0 Å². The summed E-state index contributed by atoms with van der Waals surface area (Å²) in [6.07, 6.45) is 0. The van der Waals surface area contributed by atoms with E-state index in [0.717, 1.165) is 33.8 Å². The number of hydrogen-bond acceptors (Lipinski definition) is 4. The highest BCUT2D eigenvalue weighted by atomic mass is 15.4. The van der Waals surface area contributed by atoms with E-state index >= 15 is 0 Å². The van der Waals surface area contributed by atoms with Crippen LogP contribution in [0.3, 0.4) is 0 Å². The first kappa shape index (κ1) is 15.3. The van der Waals surface area contributed by atoms with Gasteiger partial charge >= 0.3 is 0 Å². The molecular weight excluding hydrogens is 310 g/mol. The molecule has 2 heterocycles. The van der Waals surface area contributed by atoms with E-state index in [-0.39, 0.29) is 0 Å². The average molecular weight is 329 g/mol. The molecule has 4 rings (SSSR count). The van der Waals surface area contributed by atoms with E-state index in [0.29, 0.717) is 5.95 Å². The normalized spacial score (nSPS) is 11.0. The van der Waals surface area contributed by atoms with Crippen LogP contribution in [0.4, 0.5) is 11.5 Å². The van der Waals surface area contributed by atoms with Crippen molar-refractivity contribution in [3.05, 3.63) is 71.5 Å². The van der Waals surface area contributed by atoms with Crippen LogP contribution in [0.1, 0.15) is 17.0 Å². The maximum Gasteiger partial charge on any atom is 0.253 e. The summed E-state index contributed by atoms with van der Waals surface area (Å²) in [5, 5.41) is 8.93. The predicted octanol–water partition coefficient (Wildman–Crippen LogP) is 4.48. The second-order valence-corrected chi connectivity index (χ2v) is 6.22. The van der Waals surface area contributed by atoms with Gasteiger partial charge in [0.1, 0.15) is 5.82 Å². The molecule has 0 aliphatic carbocycles. The Morgan fingerprint density at radius 3 is 2.48 bits per heavy atom. The molecule has 4 aromatic rings. The second kappa shape index (κ2) is 6.02. The number of hydrogen-bond donors (Lipinski definition) is 1. The number of nitrogens with one attached hydrogen (secondary N) is 1. The van der Waals surface area contributed by atoms with E-state index in [1.54, 1.807) is 4.68 Å². The molecule has 0 amide bonds. The maximum absolute atomic E-state index is 4.75. The third kappa shape index (κ3) is 2.96. The van der Waals surface area contributed by atoms with Gasteiger partial charge in [0, 0.05) is 16.8 Å². The first-order chi connectivity index (χ1) is 12.1. The fourth-order valence-corrected chi connectivity index (χ4v) is 2.95. The molecular formula is C20H19N5. The van der Waals surface area contributed by atoms with Crippen molar-refractivity contribution in [3.8, 4) is 5.95 Å². The Bertz CT molecular complexity index is 1060. The third-order valence-electron chi connectivity index (χ3n) is 4.07. The van der Waals surface area contributed by atoms with E-state index in [4.69, 9.17) is 4.98 Å². The van der Waals surface area contributed by atoms with Crippen LogP contribution in [0, 0.1) is 20.8 Å². The van der Waals surface area contributed by atoms with Crippen molar-refractivity contribution >= 4 is 22.4 Å². The number of aromatic nitrogens is 4. The minimum absolute atomic E-state index is 0.569. The van der Waals surface area contributed by atoms with Crippen LogP contribution in [0.25, 0.3) is 16.9 Å². The molecule has 25 heavy (non-hydrogen) atoms. The molecule has 124 valence electrons. The van der Waals surface area contributed by atoms with Gasteiger partial charge in [-0.15, -0.1) is 0 Å². The number of fused-ring (bicyclic) bond motifs is 1. The maximum atomic E-state index is 4.75. The Labute approximate surface area is 146 Å². The van der Waals surface area contributed by atoms with Crippen LogP contribution in [-0.2, 0) is 0 Å². The standard InChI is InChI=1S/C20H19N5/c1-13-7-6-8-16(11-13)21-19-17-9-4-5-10-18(17)22-20(23-19)25-15(3)12-14(2)24-25/h4-12H,1-3H3,(H,21,22,23).